The lowest BCUT2D eigenvalue weighted by Gasteiger charge is -2.05. The fraction of sp³-hybridized carbons (Fsp3) is 0.250. The smallest absolute Gasteiger partial charge is 0.237 e. The number of carbonyl (C=O) groups excluding carboxylic acids is 1. The second-order valence-corrected chi connectivity index (χ2v) is 2.16. The van der Waals surface area contributed by atoms with Crippen molar-refractivity contribution in [2.24, 2.45) is 0 Å². The van der Waals surface area contributed by atoms with Gasteiger partial charge in [-0.05, 0) is 12.1 Å². The summed E-state index contributed by atoms with van der Waals surface area (Å²) in [7, 11) is 3.28. The lowest BCUT2D eigenvalue weighted by molar-refractivity contribution is 0.111. The van der Waals surface area contributed by atoms with Crippen LogP contribution >= 0.6 is 0 Å². The quantitative estimate of drug-likeness (QED) is 0.679. The molecule has 0 aliphatic heterocycles. The Labute approximate surface area is 70.6 Å². The number of pyridine rings is 1. The maximum atomic E-state index is 10.3. The molecule has 0 aliphatic rings. The van der Waals surface area contributed by atoms with Gasteiger partial charge in [-0.2, -0.15) is 0 Å². The number of aldehydes is 1. The molecule has 1 aromatic heterocycles. The summed E-state index contributed by atoms with van der Waals surface area (Å²) in [5.74, 6) is 0.433. The Morgan fingerprint density at radius 3 is 2.83 bits per heavy atom. The van der Waals surface area contributed by atoms with Crippen molar-refractivity contribution in [1.82, 2.24) is 4.98 Å². The number of methoxy groups -OCH3 is 1. The second-order valence-electron chi connectivity index (χ2n) is 2.16. The molecule has 0 amide bonds. The first-order valence-corrected chi connectivity index (χ1v) is 3.49. The Morgan fingerprint density at radius 2 is 2.33 bits per heavy atom. The molecule has 4 heteroatoms. The van der Waals surface area contributed by atoms with Crippen LogP contribution in [0.4, 0.5) is 5.69 Å². The second kappa shape index (κ2) is 3.71. The number of anilines is 1. The highest BCUT2D eigenvalue weighted by Crippen LogP contribution is 2.19. The van der Waals surface area contributed by atoms with E-state index in [1.54, 1.807) is 19.2 Å². The maximum Gasteiger partial charge on any atom is 0.237 e. The van der Waals surface area contributed by atoms with Crippen molar-refractivity contribution in [1.29, 1.82) is 0 Å². The molecule has 0 spiro atoms. The van der Waals surface area contributed by atoms with E-state index < -0.39 is 0 Å². The van der Waals surface area contributed by atoms with E-state index in [9.17, 15) is 4.79 Å². The lowest BCUT2D eigenvalue weighted by Crippen LogP contribution is -1.98. The van der Waals surface area contributed by atoms with Gasteiger partial charge in [-0.3, -0.25) is 4.79 Å². The number of nitrogens with one attached hydrogen (secondary N) is 1. The number of rotatable bonds is 3. The molecular weight excluding hydrogens is 156 g/mol. The molecule has 0 saturated heterocycles. The molecule has 0 aliphatic carbocycles. The molecule has 0 radical (unpaired) electrons. The predicted octanol–water partition coefficient (Wildman–Crippen LogP) is 0.944. The van der Waals surface area contributed by atoms with Crippen molar-refractivity contribution in [2.75, 3.05) is 19.5 Å². The Morgan fingerprint density at radius 1 is 1.58 bits per heavy atom. The lowest BCUT2D eigenvalue weighted by atomic mass is 10.3. The van der Waals surface area contributed by atoms with E-state index in [0.717, 1.165) is 5.69 Å². The fourth-order valence-corrected chi connectivity index (χ4v) is 0.866. The van der Waals surface area contributed by atoms with Crippen molar-refractivity contribution in [3.8, 4) is 5.88 Å². The first kappa shape index (κ1) is 8.52. The molecular formula is C8H10N2O2. The van der Waals surface area contributed by atoms with Gasteiger partial charge in [0.25, 0.3) is 0 Å². The fourth-order valence-electron chi connectivity index (χ4n) is 0.866. The minimum absolute atomic E-state index is 0.367. The number of carbonyl (C=O) groups is 1. The molecule has 0 unspecified atom stereocenters. The summed E-state index contributed by atoms with van der Waals surface area (Å²) in [6.45, 7) is 0. The van der Waals surface area contributed by atoms with E-state index in [-0.39, 0.29) is 0 Å². The molecule has 0 atom stereocenters. The first-order chi connectivity index (χ1) is 5.81. The third kappa shape index (κ3) is 1.53. The van der Waals surface area contributed by atoms with Crippen LogP contribution in [0.3, 0.4) is 0 Å². The molecule has 1 rings (SSSR count). The average Bonchev–Trinajstić information content (AvgIpc) is 2.16. The zero-order valence-corrected chi connectivity index (χ0v) is 7.00. The van der Waals surface area contributed by atoms with E-state index in [0.29, 0.717) is 17.9 Å². The van der Waals surface area contributed by atoms with Crippen molar-refractivity contribution >= 4 is 12.0 Å². The summed E-state index contributed by atoms with van der Waals surface area (Å²) < 4.78 is 4.95. The standard InChI is InChI=1S/C8H10N2O2/c1-9-7-4-3-6(5-11)10-8(7)12-2/h3-5,9H,1-2H3. The van der Waals surface area contributed by atoms with Gasteiger partial charge in [-0.15, -0.1) is 0 Å². The van der Waals surface area contributed by atoms with Gasteiger partial charge in [-0.25, -0.2) is 4.98 Å². The predicted molar refractivity (Wildman–Crippen MR) is 45.7 cm³/mol. The van der Waals surface area contributed by atoms with Crippen LogP contribution in [0.5, 0.6) is 5.88 Å². The number of nitrogens with zero attached hydrogens (tertiary/aromatic N) is 1. The van der Waals surface area contributed by atoms with Gasteiger partial charge in [0, 0.05) is 7.05 Å². The number of hydrogen-bond acceptors (Lipinski definition) is 4. The maximum absolute atomic E-state index is 10.3. The van der Waals surface area contributed by atoms with E-state index in [2.05, 4.69) is 10.3 Å². The molecule has 4 nitrogen and oxygen atoms in total. The van der Waals surface area contributed by atoms with Crippen LogP contribution in [0.25, 0.3) is 0 Å². The van der Waals surface area contributed by atoms with Crippen molar-refractivity contribution in [3.05, 3.63) is 17.8 Å². The summed E-state index contributed by atoms with van der Waals surface area (Å²) in [5, 5.41) is 2.89. The number of ether oxygens (including phenoxy) is 1. The minimum Gasteiger partial charge on any atom is -0.480 e. The van der Waals surface area contributed by atoms with Gasteiger partial charge in [0.1, 0.15) is 5.69 Å². The number of hydrogen-bond donors (Lipinski definition) is 1. The van der Waals surface area contributed by atoms with Gasteiger partial charge in [0.2, 0.25) is 5.88 Å². The summed E-state index contributed by atoms with van der Waals surface area (Å²) in [5.41, 5.74) is 1.13. The highest BCUT2D eigenvalue weighted by atomic mass is 16.5. The monoisotopic (exact) mass is 166 g/mol. The van der Waals surface area contributed by atoms with Gasteiger partial charge in [-0.1, -0.05) is 0 Å². The van der Waals surface area contributed by atoms with Crippen LogP contribution in [-0.2, 0) is 0 Å². The largest absolute Gasteiger partial charge is 0.480 e. The van der Waals surface area contributed by atoms with Crippen molar-refractivity contribution in [3.63, 3.8) is 0 Å². The third-order valence-electron chi connectivity index (χ3n) is 1.47. The Bertz CT molecular complexity index is 286. The van der Waals surface area contributed by atoms with Gasteiger partial charge in [0.05, 0.1) is 12.8 Å². The molecule has 0 bridgehead atoms. The molecule has 1 heterocycles. The third-order valence-corrected chi connectivity index (χ3v) is 1.47. The topological polar surface area (TPSA) is 51.2 Å². The first-order valence-electron chi connectivity index (χ1n) is 3.49. The van der Waals surface area contributed by atoms with Gasteiger partial charge < -0.3 is 10.1 Å². The van der Waals surface area contributed by atoms with Crippen LogP contribution in [0, 0.1) is 0 Å². The Kier molecular flexibility index (Phi) is 2.63. The normalized spacial score (nSPS) is 9.17. The minimum atomic E-state index is 0.367. The van der Waals surface area contributed by atoms with Gasteiger partial charge in [0.15, 0.2) is 6.29 Å². The average molecular weight is 166 g/mol. The van der Waals surface area contributed by atoms with Crippen molar-refractivity contribution in [2.45, 2.75) is 0 Å². The van der Waals surface area contributed by atoms with E-state index in [1.165, 1.54) is 7.11 Å². The molecule has 1 aromatic rings. The van der Waals surface area contributed by atoms with Crippen LogP contribution in [0.2, 0.25) is 0 Å². The summed E-state index contributed by atoms with van der Waals surface area (Å²) in [6, 6.07) is 3.37. The van der Waals surface area contributed by atoms with Crippen LogP contribution in [0.1, 0.15) is 10.5 Å². The van der Waals surface area contributed by atoms with Crippen LogP contribution in [0.15, 0.2) is 12.1 Å². The molecule has 64 valence electrons. The summed E-state index contributed by atoms with van der Waals surface area (Å²) >= 11 is 0. The van der Waals surface area contributed by atoms with E-state index in [4.69, 9.17) is 4.74 Å². The molecule has 12 heavy (non-hydrogen) atoms. The number of aromatic nitrogens is 1. The Hall–Kier alpha value is -1.58. The highest BCUT2D eigenvalue weighted by molar-refractivity contribution is 5.73. The molecule has 1 N–H and O–H groups in total. The SMILES string of the molecule is CNc1ccc(C=O)nc1OC. The zero-order chi connectivity index (χ0) is 8.97. The highest BCUT2D eigenvalue weighted by Gasteiger charge is 2.02. The van der Waals surface area contributed by atoms with E-state index in [1.807, 2.05) is 0 Å². The molecule has 0 fully saturated rings. The molecule has 0 saturated carbocycles. The Balaban J connectivity index is 3.10. The van der Waals surface area contributed by atoms with Crippen LogP contribution < -0.4 is 10.1 Å². The zero-order valence-electron chi connectivity index (χ0n) is 7.00. The summed E-state index contributed by atoms with van der Waals surface area (Å²) in [6.07, 6.45) is 0.682. The summed E-state index contributed by atoms with van der Waals surface area (Å²) in [4.78, 5) is 14.3. The van der Waals surface area contributed by atoms with Gasteiger partial charge >= 0.3 is 0 Å². The van der Waals surface area contributed by atoms with E-state index >= 15 is 0 Å². The molecule has 0 aromatic carbocycles. The van der Waals surface area contributed by atoms with Crippen molar-refractivity contribution < 1.29 is 9.53 Å². The van der Waals surface area contributed by atoms with Crippen LogP contribution in [-0.4, -0.2) is 25.4 Å².